The van der Waals surface area contributed by atoms with Gasteiger partial charge >= 0.3 is 0 Å². The summed E-state index contributed by atoms with van der Waals surface area (Å²) in [4.78, 5) is 4.71. The number of fused-ring (bicyclic) bond motifs is 1. The predicted molar refractivity (Wildman–Crippen MR) is 107 cm³/mol. The van der Waals surface area contributed by atoms with Gasteiger partial charge in [-0.3, -0.25) is 0 Å². The Morgan fingerprint density at radius 2 is 1.63 bits per heavy atom. The Morgan fingerprint density at radius 1 is 0.963 bits per heavy atom. The van der Waals surface area contributed by atoms with E-state index in [-0.39, 0.29) is 22.1 Å². The van der Waals surface area contributed by atoms with Gasteiger partial charge in [0.05, 0.1) is 30.8 Å². The van der Waals surface area contributed by atoms with Crippen molar-refractivity contribution in [1.82, 2.24) is 9.71 Å². The maximum atomic E-state index is 12.3. The number of sulfone groups is 1. The van der Waals surface area contributed by atoms with Gasteiger partial charge in [-0.1, -0.05) is 19.1 Å². The Bertz CT molecular complexity index is 1100. The lowest BCUT2D eigenvalue weighted by Crippen LogP contribution is -2.25. The average Bonchev–Trinajstić information content (AvgIpc) is 3.08. The summed E-state index contributed by atoms with van der Waals surface area (Å²) in [6.45, 7) is 1.83. The van der Waals surface area contributed by atoms with Crippen LogP contribution in [-0.2, 0) is 26.3 Å². The second-order valence-corrected chi connectivity index (χ2v) is 11.1. The van der Waals surface area contributed by atoms with E-state index in [4.69, 9.17) is 0 Å². The van der Waals surface area contributed by atoms with Gasteiger partial charge in [-0.15, -0.1) is 11.3 Å². The standard InChI is InChI=1S/C18H20N2O4S3/c1-2-26(21,22)14-9-11-15(12-10-14)27(23,24)19-13-5-8-18-20-16-6-3-4-7-17(16)25-18/h3-4,6-7,9-12,19H,2,5,8,13H2,1H3. The number of benzene rings is 2. The molecule has 0 atom stereocenters. The number of sulfonamides is 1. The van der Waals surface area contributed by atoms with E-state index in [1.165, 1.54) is 24.3 Å². The number of para-hydroxylation sites is 1. The number of nitrogens with one attached hydrogen (secondary N) is 1. The third kappa shape index (κ3) is 4.73. The maximum absolute atomic E-state index is 12.3. The Kier molecular flexibility index (Phi) is 5.95. The summed E-state index contributed by atoms with van der Waals surface area (Å²) >= 11 is 1.61. The molecule has 144 valence electrons. The Labute approximate surface area is 163 Å². The quantitative estimate of drug-likeness (QED) is 0.561. The molecule has 9 heteroatoms. The molecule has 0 saturated carbocycles. The van der Waals surface area contributed by atoms with E-state index >= 15 is 0 Å². The zero-order chi connectivity index (χ0) is 19.5. The van der Waals surface area contributed by atoms with E-state index in [1.807, 2.05) is 24.3 Å². The first-order valence-electron chi connectivity index (χ1n) is 8.49. The number of aryl methyl sites for hydroxylation is 1. The summed E-state index contributed by atoms with van der Waals surface area (Å²) in [6, 6.07) is 13.2. The van der Waals surface area contributed by atoms with E-state index in [0.29, 0.717) is 12.8 Å². The molecule has 27 heavy (non-hydrogen) atoms. The molecule has 0 bridgehead atoms. The third-order valence-corrected chi connectivity index (χ3v) is 8.39. The molecule has 0 fully saturated rings. The van der Waals surface area contributed by atoms with Gasteiger partial charge in [0.15, 0.2) is 9.84 Å². The number of hydrogen-bond acceptors (Lipinski definition) is 6. The Hall–Kier alpha value is -1.81. The molecule has 0 amide bonds. The fourth-order valence-corrected chi connectivity index (χ4v) is 5.52. The van der Waals surface area contributed by atoms with Crippen molar-refractivity contribution in [3.63, 3.8) is 0 Å². The Balaban J connectivity index is 1.58. The van der Waals surface area contributed by atoms with Gasteiger partial charge in [0.2, 0.25) is 10.0 Å². The first-order valence-corrected chi connectivity index (χ1v) is 12.4. The Morgan fingerprint density at radius 3 is 2.30 bits per heavy atom. The van der Waals surface area contributed by atoms with Crippen molar-refractivity contribution < 1.29 is 16.8 Å². The highest BCUT2D eigenvalue weighted by Gasteiger charge is 2.16. The lowest BCUT2D eigenvalue weighted by molar-refractivity contribution is 0.578. The van der Waals surface area contributed by atoms with E-state index < -0.39 is 19.9 Å². The van der Waals surface area contributed by atoms with Crippen molar-refractivity contribution in [3.8, 4) is 0 Å². The van der Waals surface area contributed by atoms with E-state index in [1.54, 1.807) is 18.3 Å². The SMILES string of the molecule is CCS(=O)(=O)c1ccc(S(=O)(=O)NCCCc2nc3ccccc3s2)cc1. The van der Waals surface area contributed by atoms with Crippen LogP contribution in [0.5, 0.6) is 0 Å². The number of thiazole rings is 1. The molecule has 3 rings (SSSR count). The molecule has 2 aromatic carbocycles. The molecular weight excluding hydrogens is 404 g/mol. The van der Waals surface area contributed by atoms with Crippen LogP contribution in [0.25, 0.3) is 10.2 Å². The lowest BCUT2D eigenvalue weighted by atomic mass is 10.3. The van der Waals surface area contributed by atoms with Crippen molar-refractivity contribution in [3.05, 3.63) is 53.5 Å². The molecule has 0 aliphatic rings. The first-order chi connectivity index (χ1) is 12.8. The van der Waals surface area contributed by atoms with Gasteiger partial charge in [-0.2, -0.15) is 0 Å². The summed E-state index contributed by atoms with van der Waals surface area (Å²) in [5.41, 5.74) is 0.959. The molecule has 0 unspecified atom stereocenters. The van der Waals surface area contributed by atoms with Gasteiger partial charge in [-0.25, -0.2) is 26.5 Å². The van der Waals surface area contributed by atoms with Crippen LogP contribution in [0.2, 0.25) is 0 Å². The molecule has 1 N–H and O–H groups in total. The van der Waals surface area contributed by atoms with Crippen LogP contribution in [0.1, 0.15) is 18.4 Å². The minimum absolute atomic E-state index is 0.0247. The van der Waals surface area contributed by atoms with Crippen molar-refractivity contribution in [1.29, 1.82) is 0 Å². The molecule has 6 nitrogen and oxygen atoms in total. The number of nitrogens with zero attached hydrogens (tertiary/aromatic N) is 1. The monoisotopic (exact) mass is 424 g/mol. The second-order valence-electron chi connectivity index (χ2n) is 5.95. The normalized spacial score (nSPS) is 12.5. The van der Waals surface area contributed by atoms with Crippen LogP contribution in [0.4, 0.5) is 0 Å². The molecule has 0 radical (unpaired) electrons. The van der Waals surface area contributed by atoms with Crippen LogP contribution >= 0.6 is 11.3 Å². The number of aromatic nitrogens is 1. The summed E-state index contributed by atoms with van der Waals surface area (Å²) in [5, 5.41) is 0.976. The maximum Gasteiger partial charge on any atom is 0.240 e. The zero-order valence-corrected chi connectivity index (χ0v) is 17.2. The number of hydrogen-bond donors (Lipinski definition) is 1. The van der Waals surface area contributed by atoms with Gasteiger partial charge in [-0.05, 0) is 42.8 Å². The minimum Gasteiger partial charge on any atom is -0.241 e. The summed E-state index contributed by atoms with van der Waals surface area (Å²) in [6.07, 6.45) is 1.32. The smallest absolute Gasteiger partial charge is 0.240 e. The minimum atomic E-state index is -3.67. The van der Waals surface area contributed by atoms with E-state index in [0.717, 1.165) is 15.2 Å². The van der Waals surface area contributed by atoms with Crippen molar-refractivity contribution in [2.24, 2.45) is 0 Å². The fourth-order valence-electron chi connectivity index (χ4n) is 2.55. The largest absolute Gasteiger partial charge is 0.241 e. The van der Waals surface area contributed by atoms with Crippen molar-refractivity contribution in [2.45, 2.75) is 29.6 Å². The lowest BCUT2D eigenvalue weighted by Gasteiger charge is -2.07. The molecule has 0 saturated heterocycles. The van der Waals surface area contributed by atoms with Gasteiger partial charge in [0.1, 0.15) is 0 Å². The van der Waals surface area contributed by atoms with Crippen LogP contribution in [0.3, 0.4) is 0 Å². The van der Waals surface area contributed by atoms with E-state index in [2.05, 4.69) is 9.71 Å². The topological polar surface area (TPSA) is 93.2 Å². The summed E-state index contributed by atoms with van der Waals surface area (Å²) in [7, 11) is -7.01. The highest BCUT2D eigenvalue weighted by molar-refractivity contribution is 7.91. The predicted octanol–water partition coefficient (Wildman–Crippen LogP) is 3.00. The number of rotatable bonds is 8. The van der Waals surface area contributed by atoms with E-state index in [9.17, 15) is 16.8 Å². The molecular formula is C18H20N2O4S3. The van der Waals surface area contributed by atoms with Gasteiger partial charge in [0.25, 0.3) is 0 Å². The zero-order valence-electron chi connectivity index (χ0n) is 14.8. The van der Waals surface area contributed by atoms with Crippen LogP contribution in [-0.4, -0.2) is 34.1 Å². The van der Waals surface area contributed by atoms with Gasteiger partial charge in [0, 0.05) is 13.0 Å². The molecule has 1 heterocycles. The second kappa shape index (κ2) is 8.05. The molecule has 0 spiro atoms. The highest BCUT2D eigenvalue weighted by atomic mass is 32.2. The molecule has 0 aliphatic heterocycles. The summed E-state index contributed by atoms with van der Waals surface area (Å²) < 4.78 is 52.0. The van der Waals surface area contributed by atoms with Crippen LogP contribution in [0.15, 0.2) is 58.3 Å². The average molecular weight is 425 g/mol. The summed E-state index contributed by atoms with van der Waals surface area (Å²) in [5.74, 6) is -0.0247. The third-order valence-electron chi connectivity index (χ3n) is 4.07. The molecule has 3 aromatic rings. The molecule has 1 aromatic heterocycles. The van der Waals surface area contributed by atoms with Crippen molar-refractivity contribution >= 4 is 41.4 Å². The first kappa shape index (κ1) is 19.9. The molecule has 0 aliphatic carbocycles. The van der Waals surface area contributed by atoms with Gasteiger partial charge < -0.3 is 0 Å². The van der Waals surface area contributed by atoms with Crippen LogP contribution in [0, 0.1) is 0 Å². The van der Waals surface area contributed by atoms with Crippen molar-refractivity contribution in [2.75, 3.05) is 12.3 Å². The van der Waals surface area contributed by atoms with Crippen LogP contribution < -0.4 is 4.72 Å². The highest BCUT2D eigenvalue weighted by Crippen LogP contribution is 2.22. The fraction of sp³-hybridized carbons (Fsp3) is 0.278.